The van der Waals surface area contributed by atoms with Crippen LogP contribution in [-0.4, -0.2) is 15.8 Å². The van der Waals surface area contributed by atoms with E-state index in [1.54, 1.807) is 30.3 Å². The fraction of sp³-hybridized carbons (Fsp3) is 0.0909. The highest BCUT2D eigenvalue weighted by Crippen LogP contribution is 2.33. The minimum absolute atomic E-state index is 0.0334. The first-order valence-corrected chi connectivity index (χ1v) is 8.98. The Labute approximate surface area is 172 Å². The lowest BCUT2D eigenvalue weighted by Crippen LogP contribution is -2.19. The summed E-state index contributed by atoms with van der Waals surface area (Å²) in [4.78, 5) is 31.7. The van der Waals surface area contributed by atoms with Crippen LogP contribution in [0.25, 0.3) is 22.2 Å². The van der Waals surface area contributed by atoms with Crippen molar-refractivity contribution < 1.29 is 22.4 Å². The second kappa shape index (κ2) is 7.57. The van der Waals surface area contributed by atoms with E-state index in [1.165, 1.54) is 24.3 Å². The van der Waals surface area contributed by atoms with Crippen molar-refractivity contribution in [3.63, 3.8) is 0 Å². The van der Waals surface area contributed by atoms with Gasteiger partial charge in [0, 0.05) is 5.56 Å². The van der Waals surface area contributed by atoms with Crippen LogP contribution in [0.5, 0.6) is 0 Å². The molecule has 31 heavy (non-hydrogen) atoms. The molecule has 0 aliphatic heterocycles. The topological polar surface area (TPSA) is 99.8 Å². The largest absolute Gasteiger partial charge is 0.453 e. The predicted molar refractivity (Wildman–Crippen MR) is 104 cm³/mol. The lowest BCUT2D eigenvalue weighted by atomic mass is 10.0. The summed E-state index contributed by atoms with van der Waals surface area (Å²) in [5.74, 6) is -2.59. The number of alkyl halides is 3. The number of ketones is 1. The van der Waals surface area contributed by atoms with Crippen LogP contribution in [-0.2, 0) is 6.18 Å². The zero-order valence-corrected chi connectivity index (χ0v) is 15.6. The van der Waals surface area contributed by atoms with E-state index in [-0.39, 0.29) is 22.9 Å². The molecule has 0 saturated carbocycles. The number of carbonyl (C=O) groups is 1. The Morgan fingerprint density at radius 1 is 1.10 bits per heavy atom. The number of benzene rings is 2. The Balaban J connectivity index is 1.68. The number of rotatable bonds is 4. The number of halogens is 3. The number of nitrogens with zero attached hydrogens (tertiary/aromatic N) is 2. The highest BCUT2D eigenvalue weighted by molar-refractivity contribution is 6.00. The molecule has 0 saturated heterocycles. The summed E-state index contributed by atoms with van der Waals surface area (Å²) in [6.45, 7) is 0. The fourth-order valence-electron chi connectivity index (χ4n) is 3.10. The molecule has 4 rings (SSSR count). The van der Waals surface area contributed by atoms with Crippen molar-refractivity contribution in [2.75, 3.05) is 0 Å². The number of hydrogen-bond donors (Lipinski definition) is 1. The van der Waals surface area contributed by atoms with Crippen molar-refractivity contribution in [3.05, 3.63) is 88.2 Å². The zero-order chi connectivity index (χ0) is 22.2. The Morgan fingerprint density at radius 2 is 1.87 bits per heavy atom. The molecule has 1 atom stereocenters. The van der Waals surface area contributed by atoms with Gasteiger partial charge in [0.2, 0.25) is 5.78 Å². The number of H-pyrrole nitrogens is 1. The van der Waals surface area contributed by atoms with E-state index in [2.05, 4.69) is 9.97 Å². The molecule has 9 heteroatoms. The monoisotopic (exact) mass is 423 g/mol. The molecule has 6 nitrogen and oxygen atoms in total. The third kappa shape index (κ3) is 3.83. The first kappa shape index (κ1) is 20.1. The van der Waals surface area contributed by atoms with E-state index in [9.17, 15) is 28.0 Å². The Bertz CT molecular complexity index is 1400. The van der Waals surface area contributed by atoms with Gasteiger partial charge in [0.05, 0.1) is 22.5 Å². The summed E-state index contributed by atoms with van der Waals surface area (Å²) in [5.41, 5.74) is -0.919. The van der Waals surface area contributed by atoms with Gasteiger partial charge in [-0.3, -0.25) is 9.59 Å². The van der Waals surface area contributed by atoms with Crippen molar-refractivity contribution in [2.45, 2.75) is 12.1 Å². The zero-order valence-electron chi connectivity index (χ0n) is 15.6. The summed E-state index contributed by atoms with van der Waals surface area (Å²) >= 11 is 0. The van der Waals surface area contributed by atoms with Gasteiger partial charge >= 0.3 is 6.18 Å². The molecule has 0 aliphatic carbocycles. The van der Waals surface area contributed by atoms with Crippen LogP contribution in [0.3, 0.4) is 0 Å². The van der Waals surface area contributed by atoms with E-state index >= 15 is 0 Å². The number of fused-ring (bicyclic) bond motifs is 1. The summed E-state index contributed by atoms with van der Waals surface area (Å²) < 4.78 is 44.3. The van der Waals surface area contributed by atoms with Crippen LogP contribution in [0.15, 0.2) is 69.9 Å². The second-order valence-corrected chi connectivity index (χ2v) is 6.64. The number of para-hydroxylation sites is 1. The fourth-order valence-corrected chi connectivity index (χ4v) is 3.10. The van der Waals surface area contributed by atoms with Gasteiger partial charge in [0.15, 0.2) is 11.7 Å². The molecule has 1 N–H and O–H groups in total. The molecule has 1 unspecified atom stereocenters. The van der Waals surface area contributed by atoms with E-state index in [1.807, 2.05) is 0 Å². The molecular formula is C22H12F3N3O3. The van der Waals surface area contributed by atoms with Gasteiger partial charge in [0.1, 0.15) is 11.6 Å². The Hall–Kier alpha value is -4.19. The quantitative estimate of drug-likeness (QED) is 0.480. The minimum Gasteiger partial charge on any atom is -0.453 e. The Kier molecular flexibility index (Phi) is 4.91. The molecule has 2 aromatic heterocycles. The van der Waals surface area contributed by atoms with Crippen LogP contribution in [0.4, 0.5) is 13.2 Å². The highest BCUT2D eigenvalue weighted by atomic mass is 19.4. The van der Waals surface area contributed by atoms with E-state index in [4.69, 9.17) is 4.42 Å². The van der Waals surface area contributed by atoms with Crippen molar-refractivity contribution >= 4 is 16.7 Å². The van der Waals surface area contributed by atoms with Crippen LogP contribution in [0, 0.1) is 11.3 Å². The number of hydrogen-bond acceptors (Lipinski definition) is 5. The maximum Gasteiger partial charge on any atom is 0.416 e. The van der Waals surface area contributed by atoms with E-state index in [0.29, 0.717) is 10.9 Å². The molecule has 4 aromatic rings. The van der Waals surface area contributed by atoms with Crippen molar-refractivity contribution in [1.29, 1.82) is 5.26 Å². The number of nitriles is 1. The second-order valence-electron chi connectivity index (χ2n) is 6.64. The summed E-state index contributed by atoms with van der Waals surface area (Å²) in [7, 11) is 0. The molecule has 2 heterocycles. The van der Waals surface area contributed by atoms with Crippen molar-refractivity contribution in [2.24, 2.45) is 0 Å². The lowest BCUT2D eigenvalue weighted by molar-refractivity contribution is -0.137. The average molecular weight is 423 g/mol. The molecule has 0 bridgehead atoms. The van der Waals surface area contributed by atoms with Crippen LogP contribution in [0.2, 0.25) is 0 Å². The van der Waals surface area contributed by atoms with Gasteiger partial charge in [-0.1, -0.05) is 24.3 Å². The van der Waals surface area contributed by atoms with E-state index in [0.717, 1.165) is 12.1 Å². The summed E-state index contributed by atoms with van der Waals surface area (Å²) in [5, 5.41) is 9.83. The van der Waals surface area contributed by atoms with Gasteiger partial charge < -0.3 is 9.40 Å². The molecule has 0 radical (unpaired) electrons. The third-order valence-corrected chi connectivity index (χ3v) is 4.62. The standard InChI is InChI=1S/C22H12F3N3O3/c23-22(24,25)13-5-3-4-12(10-13)17-8-9-18(31-17)19(29)15(11-26)20-27-16-7-2-1-6-14(16)21(30)28-20/h1-10,15H,(H,27,28,30). The number of aromatic amines is 1. The van der Waals surface area contributed by atoms with Crippen molar-refractivity contribution in [3.8, 4) is 17.4 Å². The number of nitrogens with one attached hydrogen (secondary N) is 1. The van der Waals surface area contributed by atoms with Crippen LogP contribution < -0.4 is 5.56 Å². The van der Waals surface area contributed by atoms with Gasteiger partial charge in [-0.15, -0.1) is 0 Å². The van der Waals surface area contributed by atoms with Crippen molar-refractivity contribution in [1.82, 2.24) is 9.97 Å². The number of carbonyl (C=O) groups excluding carboxylic acids is 1. The molecule has 0 aliphatic rings. The molecule has 0 amide bonds. The molecule has 154 valence electrons. The first-order valence-electron chi connectivity index (χ1n) is 8.98. The Morgan fingerprint density at radius 3 is 2.61 bits per heavy atom. The maximum absolute atomic E-state index is 12.9. The van der Waals surface area contributed by atoms with Gasteiger partial charge in [-0.05, 0) is 36.4 Å². The van der Waals surface area contributed by atoms with Gasteiger partial charge in [-0.2, -0.15) is 18.4 Å². The molecule has 2 aromatic carbocycles. The average Bonchev–Trinajstić information content (AvgIpc) is 3.24. The normalized spacial score (nSPS) is 12.5. The predicted octanol–water partition coefficient (Wildman–Crippen LogP) is 4.69. The maximum atomic E-state index is 12.9. The number of Topliss-reactive ketones (excluding diaryl/α,β-unsaturated/α-hetero) is 1. The molecule has 0 fully saturated rings. The lowest BCUT2D eigenvalue weighted by Gasteiger charge is -2.08. The SMILES string of the molecule is N#CC(C(=O)c1ccc(-c2cccc(C(F)(F)F)c2)o1)c1nc2ccccc2c(=O)[nH]1. The van der Waals surface area contributed by atoms with Crippen LogP contribution in [0.1, 0.15) is 27.9 Å². The van der Waals surface area contributed by atoms with Gasteiger partial charge in [0.25, 0.3) is 5.56 Å². The molecule has 0 spiro atoms. The third-order valence-electron chi connectivity index (χ3n) is 4.62. The highest BCUT2D eigenvalue weighted by Gasteiger charge is 2.31. The minimum atomic E-state index is -4.53. The summed E-state index contributed by atoms with van der Waals surface area (Å²) in [6, 6.07) is 15.3. The molecular weight excluding hydrogens is 411 g/mol. The smallest absolute Gasteiger partial charge is 0.416 e. The van der Waals surface area contributed by atoms with Gasteiger partial charge in [-0.25, -0.2) is 4.98 Å². The van der Waals surface area contributed by atoms with Crippen LogP contribution >= 0.6 is 0 Å². The first-order chi connectivity index (χ1) is 14.8. The number of aromatic nitrogens is 2. The van der Waals surface area contributed by atoms with E-state index < -0.39 is 29.0 Å². The summed E-state index contributed by atoms with van der Waals surface area (Å²) in [6.07, 6.45) is -4.53. The number of furan rings is 1.